The molecule has 1 heterocycles. The van der Waals surface area contributed by atoms with Crippen molar-refractivity contribution in [2.75, 3.05) is 11.9 Å². The van der Waals surface area contributed by atoms with Crippen LogP contribution in [-0.2, 0) is 4.79 Å². The maximum atomic E-state index is 13.4. The Kier molecular flexibility index (Phi) is 5.01. The molecule has 0 saturated heterocycles. The molecule has 2 amide bonds. The lowest BCUT2D eigenvalue weighted by Gasteiger charge is -2.31. The summed E-state index contributed by atoms with van der Waals surface area (Å²) in [6.07, 6.45) is 0. The van der Waals surface area contributed by atoms with Crippen molar-refractivity contribution < 1.29 is 9.59 Å². The van der Waals surface area contributed by atoms with Crippen molar-refractivity contribution in [1.29, 1.82) is 0 Å². The summed E-state index contributed by atoms with van der Waals surface area (Å²) in [4.78, 5) is 27.7. The molecule has 0 bridgehead atoms. The van der Waals surface area contributed by atoms with Crippen LogP contribution in [0.2, 0.25) is 0 Å². The Labute approximate surface area is 172 Å². The number of benzene rings is 3. The van der Waals surface area contributed by atoms with E-state index in [1.165, 1.54) is 0 Å². The van der Waals surface area contributed by atoms with E-state index >= 15 is 0 Å². The molecule has 5 heteroatoms. The highest BCUT2D eigenvalue weighted by Gasteiger charge is 2.33. The lowest BCUT2D eigenvalue weighted by molar-refractivity contribution is -0.117. The summed E-state index contributed by atoms with van der Waals surface area (Å²) in [6.45, 7) is 2.00. The number of halogens is 1. The number of nitrogens with zero attached hydrogens (tertiary/aromatic N) is 1. The predicted octanol–water partition coefficient (Wildman–Crippen LogP) is 4.94. The average Bonchev–Trinajstić information content (AvgIpc) is 2.84. The Morgan fingerprint density at radius 3 is 2.46 bits per heavy atom. The highest BCUT2D eigenvalue weighted by atomic mass is 79.9. The topological polar surface area (TPSA) is 49.4 Å². The van der Waals surface area contributed by atoms with E-state index in [9.17, 15) is 9.59 Å². The molecule has 1 N–H and O–H groups in total. The van der Waals surface area contributed by atoms with Gasteiger partial charge in [0.25, 0.3) is 5.91 Å². The molecule has 28 heavy (non-hydrogen) atoms. The van der Waals surface area contributed by atoms with Crippen LogP contribution in [0.1, 0.15) is 33.1 Å². The van der Waals surface area contributed by atoms with Gasteiger partial charge >= 0.3 is 0 Å². The van der Waals surface area contributed by atoms with E-state index in [2.05, 4.69) is 21.2 Å². The van der Waals surface area contributed by atoms with Crippen LogP contribution < -0.4 is 5.32 Å². The molecule has 0 aromatic heterocycles. The third-order valence-corrected chi connectivity index (χ3v) is 5.40. The molecule has 0 unspecified atom stereocenters. The van der Waals surface area contributed by atoms with Gasteiger partial charge in [-0.15, -0.1) is 0 Å². The normalized spacial score (nSPS) is 16.1. The molecule has 1 atom stereocenters. The second-order valence-electron chi connectivity index (χ2n) is 6.89. The van der Waals surface area contributed by atoms with E-state index in [-0.39, 0.29) is 24.4 Å². The van der Waals surface area contributed by atoms with Gasteiger partial charge in [-0.05, 0) is 42.8 Å². The summed E-state index contributed by atoms with van der Waals surface area (Å²) in [7, 11) is 0. The largest absolute Gasteiger partial charge is 0.324 e. The van der Waals surface area contributed by atoms with Crippen molar-refractivity contribution in [3.63, 3.8) is 0 Å². The van der Waals surface area contributed by atoms with E-state index in [4.69, 9.17) is 0 Å². The molecule has 0 saturated carbocycles. The Bertz CT molecular complexity index is 1030. The zero-order chi connectivity index (χ0) is 19.7. The molecule has 0 spiro atoms. The van der Waals surface area contributed by atoms with Gasteiger partial charge in [0.05, 0.1) is 6.04 Å². The number of hydrogen-bond acceptors (Lipinski definition) is 2. The minimum atomic E-state index is -0.355. The first-order chi connectivity index (χ1) is 13.5. The number of amides is 2. The molecular formula is C23H19BrN2O2. The third kappa shape index (κ3) is 3.58. The fourth-order valence-corrected chi connectivity index (χ4v) is 3.83. The van der Waals surface area contributed by atoms with E-state index in [0.29, 0.717) is 5.56 Å². The highest BCUT2D eigenvalue weighted by molar-refractivity contribution is 9.10. The molecule has 0 fully saturated rings. The minimum absolute atomic E-state index is 0.0117. The van der Waals surface area contributed by atoms with Crippen molar-refractivity contribution in [1.82, 2.24) is 4.90 Å². The summed E-state index contributed by atoms with van der Waals surface area (Å²) in [6, 6.07) is 22.6. The minimum Gasteiger partial charge on any atom is -0.324 e. The van der Waals surface area contributed by atoms with E-state index < -0.39 is 0 Å². The molecule has 140 valence electrons. The summed E-state index contributed by atoms with van der Waals surface area (Å²) in [5, 5.41) is 2.95. The number of nitrogens with one attached hydrogen (secondary N) is 1. The van der Waals surface area contributed by atoms with Gasteiger partial charge in [-0.1, -0.05) is 64.0 Å². The Morgan fingerprint density at radius 2 is 1.75 bits per heavy atom. The molecular weight excluding hydrogens is 416 g/mol. The van der Waals surface area contributed by atoms with E-state index in [0.717, 1.165) is 26.9 Å². The molecule has 1 aliphatic heterocycles. The fraction of sp³-hybridized carbons (Fsp3) is 0.130. The van der Waals surface area contributed by atoms with Crippen molar-refractivity contribution >= 4 is 33.4 Å². The van der Waals surface area contributed by atoms with Crippen LogP contribution >= 0.6 is 15.9 Å². The predicted molar refractivity (Wildman–Crippen MR) is 113 cm³/mol. The van der Waals surface area contributed by atoms with Crippen LogP contribution in [-0.4, -0.2) is 23.3 Å². The summed E-state index contributed by atoms with van der Waals surface area (Å²) < 4.78 is 0.901. The number of hydrogen-bond donors (Lipinski definition) is 1. The number of aryl methyl sites for hydroxylation is 1. The zero-order valence-corrected chi connectivity index (χ0v) is 16.9. The van der Waals surface area contributed by atoms with Crippen LogP contribution in [0, 0.1) is 6.92 Å². The number of rotatable bonds is 2. The maximum absolute atomic E-state index is 13.4. The fourth-order valence-electron chi connectivity index (χ4n) is 3.57. The van der Waals surface area contributed by atoms with Gasteiger partial charge in [-0.2, -0.15) is 0 Å². The molecule has 0 aliphatic carbocycles. The smallest absolute Gasteiger partial charge is 0.255 e. The van der Waals surface area contributed by atoms with Gasteiger partial charge in [0.1, 0.15) is 6.54 Å². The molecule has 3 aromatic rings. The second-order valence-corrected chi connectivity index (χ2v) is 7.81. The Balaban J connectivity index is 1.88. The van der Waals surface area contributed by atoms with Gasteiger partial charge in [-0.25, -0.2) is 0 Å². The van der Waals surface area contributed by atoms with E-state index in [1.54, 1.807) is 17.0 Å². The van der Waals surface area contributed by atoms with Crippen LogP contribution in [0.15, 0.2) is 77.3 Å². The highest BCUT2D eigenvalue weighted by Crippen LogP contribution is 2.37. The number of carbonyl (C=O) groups excluding carboxylic acids is 2. The number of carbonyl (C=O) groups is 2. The van der Waals surface area contributed by atoms with Gasteiger partial charge in [0, 0.05) is 21.3 Å². The van der Waals surface area contributed by atoms with Crippen LogP contribution in [0.5, 0.6) is 0 Å². The Hall–Kier alpha value is -2.92. The number of anilines is 1. The van der Waals surface area contributed by atoms with Gasteiger partial charge in [0.2, 0.25) is 5.91 Å². The zero-order valence-electron chi connectivity index (χ0n) is 15.4. The van der Waals surface area contributed by atoms with Gasteiger partial charge in [0.15, 0.2) is 0 Å². The van der Waals surface area contributed by atoms with Gasteiger partial charge < -0.3 is 10.2 Å². The maximum Gasteiger partial charge on any atom is 0.255 e. The number of fused-ring (bicyclic) bond motifs is 1. The lowest BCUT2D eigenvalue weighted by Crippen LogP contribution is -2.39. The van der Waals surface area contributed by atoms with Crippen molar-refractivity contribution in [2.45, 2.75) is 13.0 Å². The van der Waals surface area contributed by atoms with Crippen LogP contribution in [0.4, 0.5) is 5.69 Å². The van der Waals surface area contributed by atoms with Crippen LogP contribution in [0.25, 0.3) is 0 Å². The molecule has 0 radical (unpaired) electrons. The van der Waals surface area contributed by atoms with Crippen molar-refractivity contribution in [2.24, 2.45) is 0 Å². The van der Waals surface area contributed by atoms with E-state index in [1.807, 2.05) is 67.6 Å². The SMILES string of the molecule is Cc1ccc2c(c1)[C@H](c1ccccc1)N(C(=O)c1ccc(Br)cc1)CC(=O)N2. The van der Waals surface area contributed by atoms with Crippen molar-refractivity contribution in [3.05, 3.63) is 99.5 Å². The third-order valence-electron chi connectivity index (χ3n) is 4.87. The second kappa shape index (κ2) is 7.60. The Morgan fingerprint density at radius 1 is 1.04 bits per heavy atom. The average molecular weight is 435 g/mol. The summed E-state index contributed by atoms with van der Waals surface area (Å²) in [5.41, 5.74) is 4.26. The monoisotopic (exact) mass is 434 g/mol. The molecule has 4 nitrogen and oxygen atoms in total. The quantitative estimate of drug-likeness (QED) is 0.620. The first kappa shape index (κ1) is 18.4. The molecule has 1 aliphatic rings. The first-order valence-electron chi connectivity index (χ1n) is 9.05. The summed E-state index contributed by atoms with van der Waals surface area (Å²) >= 11 is 3.40. The van der Waals surface area contributed by atoms with Crippen molar-refractivity contribution in [3.8, 4) is 0 Å². The van der Waals surface area contributed by atoms with Gasteiger partial charge in [-0.3, -0.25) is 9.59 Å². The lowest BCUT2D eigenvalue weighted by atomic mass is 9.94. The van der Waals surface area contributed by atoms with Crippen LogP contribution in [0.3, 0.4) is 0 Å². The standard InChI is InChI=1S/C23H19BrN2O2/c1-15-7-12-20-19(13-15)22(16-5-3-2-4-6-16)26(14-21(27)25-20)23(28)17-8-10-18(24)11-9-17/h2-13,22H,14H2,1H3,(H,25,27)/t22-/m0/s1. The molecule has 3 aromatic carbocycles. The first-order valence-corrected chi connectivity index (χ1v) is 9.84. The summed E-state index contributed by atoms with van der Waals surface area (Å²) in [5.74, 6) is -0.375. The molecule has 4 rings (SSSR count).